The third-order valence-corrected chi connectivity index (χ3v) is 2.59. The first-order valence-electron chi connectivity index (χ1n) is 6.12. The molecule has 0 heterocycles. The van der Waals surface area contributed by atoms with Gasteiger partial charge < -0.3 is 16.0 Å². The Hall–Kier alpha value is -1.26. The molecule has 2 fully saturated rings. The van der Waals surface area contributed by atoms with Crippen LogP contribution in [-0.2, 0) is 4.79 Å². The lowest BCUT2D eigenvalue weighted by molar-refractivity contribution is -0.119. The standard InChI is InChI=1S/C11H20N4O/c1-2-12-11(15-9-5-6-9)13-7-10(16)14-8-3-4-8/h8-9H,2-7H2,1H3,(H,14,16)(H2,12,13,15). The summed E-state index contributed by atoms with van der Waals surface area (Å²) in [4.78, 5) is 15.7. The fraction of sp³-hybridized carbons (Fsp3) is 0.818. The average Bonchev–Trinajstić information content (AvgIpc) is 3.09. The van der Waals surface area contributed by atoms with Crippen LogP contribution in [0.4, 0.5) is 0 Å². The predicted molar refractivity (Wildman–Crippen MR) is 63.3 cm³/mol. The number of rotatable bonds is 5. The Morgan fingerprint density at radius 1 is 1.19 bits per heavy atom. The summed E-state index contributed by atoms with van der Waals surface area (Å²) in [5.74, 6) is 0.784. The molecule has 3 N–H and O–H groups in total. The Kier molecular flexibility index (Phi) is 3.64. The zero-order valence-corrected chi connectivity index (χ0v) is 9.75. The molecule has 0 saturated heterocycles. The van der Waals surface area contributed by atoms with Crippen molar-refractivity contribution < 1.29 is 4.79 Å². The Morgan fingerprint density at radius 3 is 2.38 bits per heavy atom. The van der Waals surface area contributed by atoms with Gasteiger partial charge in [0.25, 0.3) is 0 Å². The zero-order valence-electron chi connectivity index (χ0n) is 9.75. The van der Waals surface area contributed by atoms with Gasteiger partial charge in [0.15, 0.2) is 5.96 Å². The highest BCUT2D eigenvalue weighted by molar-refractivity contribution is 5.85. The van der Waals surface area contributed by atoms with E-state index in [9.17, 15) is 4.79 Å². The second kappa shape index (κ2) is 5.18. The van der Waals surface area contributed by atoms with E-state index < -0.39 is 0 Å². The van der Waals surface area contributed by atoms with E-state index in [0.29, 0.717) is 12.1 Å². The third kappa shape index (κ3) is 4.08. The van der Waals surface area contributed by atoms with Crippen LogP contribution in [0.3, 0.4) is 0 Å². The molecule has 0 bridgehead atoms. The van der Waals surface area contributed by atoms with Crippen LogP contribution in [0.25, 0.3) is 0 Å². The number of amides is 1. The summed E-state index contributed by atoms with van der Waals surface area (Å²) in [6, 6.07) is 0.978. The van der Waals surface area contributed by atoms with Crippen LogP contribution in [0.5, 0.6) is 0 Å². The SMILES string of the molecule is CCNC(=NCC(=O)NC1CC1)NC1CC1. The van der Waals surface area contributed by atoms with Gasteiger partial charge in [-0.05, 0) is 32.6 Å². The van der Waals surface area contributed by atoms with Crippen LogP contribution in [0.1, 0.15) is 32.6 Å². The third-order valence-electron chi connectivity index (χ3n) is 2.59. The Balaban J connectivity index is 1.72. The molecular weight excluding hydrogens is 204 g/mol. The summed E-state index contributed by atoms with van der Waals surface area (Å²) in [5.41, 5.74) is 0. The van der Waals surface area contributed by atoms with E-state index in [2.05, 4.69) is 20.9 Å². The second-order valence-electron chi connectivity index (χ2n) is 4.46. The van der Waals surface area contributed by atoms with Crippen LogP contribution in [-0.4, -0.2) is 37.0 Å². The lowest BCUT2D eigenvalue weighted by Gasteiger charge is -2.09. The number of carbonyl (C=O) groups is 1. The van der Waals surface area contributed by atoms with Gasteiger partial charge in [-0.15, -0.1) is 0 Å². The van der Waals surface area contributed by atoms with Crippen molar-refractivity contribution in [2.24, 2.45) is 4.99 Å². The van der Waals surface area contributed by atoms with Gasteiger partial charge in [-0.2, -0.15) is 0 Å². The molecule has 0 aromatic heterocycles. The zero-order chi connectivity index (χ0) is 11.4. The number of carbonyl (C=O) groups excluding carboxylic acids is 1. The highest BCUT2D eigenvalue weighted by Crippen LogP contribution is 2.18. The van der Waals surface area contributed by atoms with Crippen molar-refractivity contribution in [2.75, 3.05) is 13.1 Å². The Labute approximate surface area is 96.1 Å². The summed E-state index contributed by atoms with van der Waals surface area (Å²) in [6.45, 7) is 3.07. The molecule has 2 saturated carbocycles. The molecule has 2 aliphatic carbocycles. The van der Waals surface area contributed by atoms with Crippen molar-refractivity contribution in [3.05, 3.63) is 0 Å². The molecule has 0 unspecified atom stereocenters. The molecule has 0 aromatic carbocycles. The lowest BCUT2D eigenvalue weighted by Crippen LogP contribution is -2.39. The van der Waals surface area contributed by atoms with E-state index in [1.165, 1.54) is 12.8 Å². The normalized spacial score (nSPS) is 20.4. The number of aliphatic imine (C=N–C) groups is 1. The van der Waals surface area contributed by atoms with Crippen LogP contribution in [0.2, 0.25) is 0 Å². The number of hydrogen-bond donors (Lipinski definition) is 3. The largest absolute Gasteiger partial charge is 0.357 e. The van der Waals surface area contributed by atoms with Crippen LogP contribution in [0.15, 0.2) is 4.99 Å². The fourth-order valence-electron chi connectivity index (χ4n) is 1.39. The van der Waals surface area contributed by atoms with Gasteiger partial charge in [0, 0.05) is 18.6 Å². The van der Waals surface area contributed by atoms with Gasteiger partial charge in [0.2, 0.25) is 5.91 Å². The van der Waals surface area contributed by atoms with E-state index in [0.717, 1.165) is 25.3 Å². The van der Waals surface area contributed by atoms with Crippen LogP contribution >= 0.6 is 0 Å². The molecule has 2 rings (SSSR count). The van der Waals surface area contributed by atoms with Crippen molar-refractivity contribution in [3.63, 3.8) is 0 Å². The molecule has 0 radical (unpaired) electrons. The maximum Gasteiger partial charge on any atom is 0.242 e. The van der Waals surface area contributed by atoms with Gasteiger partial charge in [-0.1, -0.05) is 0 Å². The second-order valence-corrected chi connectivity index (χ2v) is 4.46. The first-order valence-corrected chi connectivity index (χ1v) is 6.12. The summed E-state index contributed by atoms with van der Waals surface area (Å²) < 4.78 is 0. The van der Waals surface area contributed by atoms with Gasteiger partial charge in [0.05, 0.1) is 0 Å². The van der Waals surface area contributed by atoms with Crippen molar-refractivity contribution in [2.45, 2.75) is 44.7 Å². The number of nitrogens with zero attached hydrogens (tertiary/aromatic N) is 1. The molecule has 90 valence electrons. The Morgan fingerprint density at radius 2 is 1.81 bits per heavy atom. The van der Waals surface area contributed by atoms with E-state index in [1.807, 2.05) is 6.92 Å². The van der Waals surface area contributed by atoms with Crippen molar-refractivity contribution in [1.29, 1.82) is 0 Å². The molecule has 0 atom stereocenters. The maximum atomic E-state index is 11.4. The van der Waals surface area contributed by atoms with Gasteiger partial charge in [0.1, 0.15) is 6.54 Å². The number of guanidine groups is 1. The number of hydrogen-bond acceptors (Lipinski definition) is 2. The topological polar surface area (TPSA) is 65.5 Å². The maximum absolute atomic E-state index is 11.4. The first kappa shape index (κ1) is 11.2. The summed E-state index contributed by atoms with van der Waals surface area (Å²) in [5, 5.41) is 9.33. The van der Waals surface area contributed by atoms with Gasteiger partial charge in [-0.3, -0.25) is 4.79 Å². The summed E-state index contributed by atoms with van der Waals surface area (Å²) in [7, 11) is 0. The average molecular weight is 224 g/mol. The highest BCUT2D eigenvalue weighted by atomic mass is 16.2. The van der Waals surface area contributed by atoms with Crippen molar-refractivity contribution in [1.82, 2.24) is 16.0 Å². The monoisotopic (exact) mass is 224 g/mol. The molecule has 2 aliphatic rings. The Bertz CT molecular complexity index is 282. The molecule has 0 aliphatic heterocycles. The summed E-state index contributed by atoms with van der Waals surface area (Å²) >= 11 is 0. The summed E-state index contributed by atoms with van der Waals surface area (Å²) in [6.07, 6.45) is 4.66. The minimum atomic E-state index is 0.0236. The highest BCUT2D eigenvalue weighted by Gasteiger charge is 2.24. The van der Waals surface area contributed by atoms with Crippen molar-refractivity contribution >= 4 is 11.9 Å². The first-order chi connectivity index (χ1) is 7.78. The molecule has 1 amide bonds. The number of nitrogens with one attached hydrogen (secondary N) is 3. The predicted octanol–water partition coefficient (Wildman–Crippen LogP) is -0.0175. The van der Waals surface area contributed by atoms with E-state index in [4.69, 9.17) is 0 Å². The van der Waals surface area contributed by atoms with E-state index in [1.54, 1.807) is 0 Å². The molecule has 5 nitrogen and oxygen atoms in total. The minimum absolute atomic E-state index is 0.0236. The van der Waals surface area contributed by atoms with Crippen LogP contribution in [0, 0.1) is 0 Å². The quantitative estimate of drug-likeness (QED) is 0.454. The van der Waals surface area contributed by atoms with Crippen LogP contribution < -0.4 is 16.0 Å². The van der Waals surface area contributed by atoms with Gasteiger partial charge in [-0.25, -0.2) is 4.99 Å². The molecule has 16 heavy (non-hydrogen) atoms. The molecule has 0 aromatic rings. The fourth-order valence-corrected chi connectivity index (χ4v) is 1.39. The van der Waals surface area contributed by atoms with Crippen molar-refractivity contribution in [3.8, 4) is 0 Å². The van der Waals surface area contributed by atoms with Gasteiger partial charge >= 0.3 is 0 Å². The van der Waals surface area contributed by atoms with E-state index in [-0.39, 0.29) is 12.5 Å². The molecule has 5 heteroatoms. The van der Waals surface area contributed by atoms with E-state index >= 15 is 0 Å². The molecular formula is C11H20N4O. The lowest BCUT2D eigenvalue weighted by atomic mass is 10.5. The molecule has 0 spiro atoms. The smallest absolute Gasteiger partial charge is 0.242 e. The minimum Gasteiger partial charge on any atom is -0.357 e.